The van der Waals surface area contributed by atoms with Crippen LogP contribution >= 0.6 is 0 Å². The van der Waals surface area contributed by atoms with Crippen molar-refractivity contribution in [3.63, 3.8) is 0 Å². The minimum atomic E-state index is 0.724. The van der Waals surface area contributed by atoms with Crippen molar-refractivity contribution in [1.82, 2.24) is 15.3 Å². The Morgan fingerprint density at radius 2 is 1.70 bits per heavy atom. The van der Waals surface area contributed by atoms with Gasteiger partial charge in [0.15, 0.2) is 0 Å². The Morgan fingerprint density at radius 1 is 1.05 bits per heavy atom. The Bertz CT molecular complexity index is 483. The molecule has 3 heteroatoms. The van der Waals surface area contributed by atoms with Crippen molar-refractivity contribution in [3.8, 4) is 0 Å². The smallest absolute Gasteiger partial charge is 0.116 e. The maximum Gasteiger partial charge on any atom is 0.116 e. The molecule has 1 aromatic heterocycles. The number of hydrogen-bond donors (Lipinski definition) is 1. The van der Waals surface area contributed by atoms with Crippen LogP contribution in [0.25, 0.3) is 0 Å². The van der Waals surface area contributed by atoms with Gasteiger partial charge in [-0.25, -0.2) is 9.97 Å². The number of nitrogens with zero attached hydrogens (tertiary/aromatic N) is 2. The highest BCUT2D eigenvalue weighted by Gasteiger charge is 2.49. The molecule has 0 amide bonds. The molecular weight excluding hydrogens is 246 g/mol. The van der Waals surface area contributed by atoms with Crippen LogP contribution in [-0.2, 0) is 6.54 Å². The standard InChI is InChI=1S/C17H25N3/c1-10-15(8-18-2)19-9-20-17(10)16-13-4-11-3-12(6-13)7-14(16)5-11/h9,11-14,16,18H,3-8H2,1-2H3. The van der Waals surface area contributed by atoms with Gasteiger partial charge in [-0.1, -0.05) is 0 Å². The third-order valence-corrected chi connectivity index (χ3v) is 6.11. The van der Waals surface area contributed by atoms with E-state index in [0.29, 0.717) is 0 Å². The van der Waals surface area contributed by atoms with Gasteiger partial charge in [0.05, 0.1) is 11.4 Å². The number of rotatable bonds is 3. The van der Waals surface area contributed by atoms with Crippen LogP contribution in [0.4, 0.5) is 0 Å². The average molecular weight is 271 g/mol. The van der Waals surface area contributed by atoms with Crippen molar-refractivity contribution < 1.29 is 0 Å². The van der Waals surface area contributed by atoms with Crippen molar-refractivity contribution in [2.24, 2.45) is 23.7 Å². The summed E-state index contributed by atoms with van der Waals surface area (Å²) in [6, 6.07) is 0. The van der Waals surface area contributed by atoms with Crippen molar-refractivity contribution >= 4 is 0 Å². The Balaban J connectivity index is 1.69. The fraction of sp³-hybridized carbons (Fsp3) is 0.765. The second-order valence-corrected chi connectivity index (χ2v) is 7.32. The van der Waals surface area contributed by atoms with Gasteiger partial charge in [0.25, 0.3) is 0 Å². The summed E-state index contributed by atoms with van der Waals surface area (Å²) in [6.07, 6.45) is 9.16. The first kappa shape index (κ1) is 12.8. The summed E-state index contributed by atoms with van der Waals surface area (Å²) in [4.78, 5) is 9.20. The first-order valence-corrected chi connectivity index (χ1v) is 8.21. The number of hydrogen-bond acceptors (Lipinski definition) is 3. The van der Waals surface area contributed by atoms with E-state index in [1.807, 2.05) is 7.05 Å². The molecule has 4 fully saturated rings. The highest BCUT2D eigenvalue weighted by atomic mass is 14.9. The van der Waals surface area contributed by atoms with E-state index in [1.165, 1.54) is 49.1 Å². The lowest BCUT2D eigenvalue weighted by molar-refractivity contribution is -0.00445. The fourth-order valence-corrected chi connectivity index (χ4v) is 5.56. The van der Waals surface area contributed by atoms with Gasteiger partial charge in [-0.15, -0.1) is 0 Å². The van der Waals surface area contributed by atoms with E-state index in [2.05, 4.69) is 17.2 Å². The van der Waals surface area contributed by atoms with E-state index in [-0.39, 0.29) is 0 Å². The third-order valence-electron chi connectivity index (χ3n) is 6.11. The predicted octanol–water partition coefficient (Wildman–Crippen LogP) is 3.04. The zero-order valence-electron chi connectivity index (χ0n) is 12.6. The first-order chi connectivity index (χ1) is 9.76. The van der Waals surface area contributed by atoms with Gasteiger partial charge < -0.3 is 5.32 Å². The van der Waals surface area contributed by atoms with E-state index >= 15 is 0 Å². The van der Waals surface area contributed by atoms with Crippen LogP contribution in [0.5, 0.6) is 0 Å². The molecule has 1 heterocycles. The van der Waals surface area contributed by atoms with E-state index in [4.69, 9.17) is 4.98 Å². The molecule has 4 aliphatic rings. The van der Waals surface area contributed by atoms with E-state index in [1.54, 1.807) is 6.33 Å². The fourth-order valence-electron chi connectivity index (χ4n) is 5.56. The van der Waals surface area contributed by atoms with E-state index in [9.17, 15) is 0 Å². The van der Waals surface area contributed by atoms with E-state index < -0.39 is 0 Å². The molecule has 108 valence electrons. The molecule has 20 heavy (non-hydrogen) atoms. The highest BCUT2D eigenvalue weighted by Crippen LogP contribution is 2.59. The van der Waals surface area contributed by atoms with Gasteiger partial charge in [-0.05, 0) is 75.3 Å². The summed E-state index contributed by atoms with van der Waals surface area (Å²) in [5, 5.41) is 3.23. The summed E-state index contributed by atoms with van der Waals surface area (Å²) in [5.74, 6) is 4.60. The molecule has 0 aliphatic heterocycles. The summed E-state index contributed by atoms with van der Waals surface area (Å²) in [7, 11) is 1.99. The van der Waals surface area contributed by atoms with Gasteiger partial charge in [-0.2, -0.15) is 0 Å². The first-order valence-electron chi connectivity index (χ1n) is 8.21. The van der Waals surface area contributed by atoms with Gasteiger partial charge in [0.2, 0.25) is 0 Å². The van der Waals surface area contributed by atoms with Crippen molar-refractivity contribution in [1.29, 1.82) is 0 Å². The van der Waals surface area contributed by atoms with Gasteiger partial charge >= 0.3 is 0 Å². The molecular formula is C17H25N3. The lowest BCUT2D eigenvalue weighted by atomic mass is 9.51. The molecule has 0 saturated heterocycles. The number of nitrogens with one attached hydrogen (secondary N) is 1. The lowest BCUT2D eigenvalue weighted by Crippen LogP contribution is -2.44. The quantitative estimate of drug-likeness (QED) is 0.918. The number of aromatic nitrogens is 2. The molecule has 5 rings (SSSR count). The zero-order chi connectivity index (χ0) is 13.7. The molecule has 1 N–H and O–H groups in total. The van der Waals surface area contributed by atoms with Crippen LogP contribution < -0.4 is 5.32 Å². The molecule has 1 aromatic rings. The van der Waals surface area contributed by atoms with E-state index in [0.717, 1.165) is 36.1 Å². The molecule has 0 radical (unpaired) electrons. The van der Waals surface area contributed by atoms with Crippen LogP contribution in [-0.4, -0.2) is 17.0 Å². The molecule has 0 atom stereocenters. The van der Waals surface area contributed by atoms with Crippen molar-refractivity contribution in [2.45, 2.75) is 51.5 Å². The monoisotopic (exact) mass is 271 g/mol. The second-order valence-electron chi connectivity index (χ2n) is 7.32. The highest BCUT2D eigenvalue weighted by molar-refractivity contribution is 5.29. The van der Waals surface area contributed by atoms with Crippen LogP contribution in [0.15, 0.2) is 6.33 Å². The third kappa shape index (κ3) is 1.90. The molecule has 0 unspecified atom stereocenters. The van der Waals surface area contributed by atoms with Crippen molar-refractivity contribution in [2.75, 3.05) is 7.05 Å². The molecule has 4 aliphatic carbocycles. The maximum absolute atomic E-state index is 4.73. The minimum absolute atomic E-state index is 0.724. The summed E-state index contributed by atoms with van der Waals surface area (Å²) in [5.41, 5.74) is 3.91. The zero-order valence-corrected chi connectivity index (χ0v) is 12.6. The predicted molar refractivity (Wildman–Crippen MR) is 79.3 cm³/mol. The Hall–Kier alpha value is -0.960. The Morgan fingerprint density at radius 3 is 2.30 bits per heavy atom. The summed E-state index contributed by atoms with van der Waals surface area (Å²) >= 11 is 0. The van der Waals surface area contributed by atoms with Gasteiger partial charge in [-0.3, -0.25) is 0 Å². The van der Waals surface area contributed by atoms with Crippen molar-refractivity contribution in [3.05, 3.63) is 23.3 Å². The lowest BCUT2D eigenvalue weighted by Gasteiger charge is -2.54. The van der Waals surface area contributed by atoms with Crippen LogP contribution in [0, 0.1) is 30.6 Å². The van der Waals surface area contributed by atoms with Gasteiger partial charge in [0, 0.05) is 12.5 Å². The topological polar surface area (TPSA) is 37.8 Å². The van der Waals surface area contributed by atoms with Crippen LogP contribution in [0.2, 0.25) is 0 Å². The Labute approximate surface area is 121 Å². The summed E-state index contributed by atoms with van der Waals surface area (Å²) < 4.78 is 0. The summed E-state index contributed by atoms with van der Waals surface area (Å²) in [6.45, 7) is 3.09. The molecule has 4 saturated carbocycles. The van der Waals surface area contributed by atoms with Gasteiger partial charge in [0.1, 0.15) is 6.33 Å². The largest absolute Gasteiger partial charge is 0.314 e. The van der Waals surface area contributed by atoms with Crippen LogP contribution in [0.1, 0.15) is 55.0 Å². The maximum atomic E-state index is 4.73. The molecule has 4 bridgehead atoms. The minimum Gasteiger partial charge on any atom is -0.314 e. The SMILES string of the molecule is CNCc1ncnc(C2C3CC4CC(C3)CC2C4)c1C. The molecule has 0 spiro atoms. The van der Waals surface area contributed by atoms with Crippen LogP contribution in [0.3, 0.4) is 0 Å². The second kappa shape index (κ2) is 4.80. The average Bonchev–Trinajstić information content (AvgIpc) is 2.41. The Kier molecular flexibility index (Phi) is 3.06. The molecule has 0 aromatic carbocycles. The normalized spacial score (nSPS) is 38.4. The molecule has 3 nitrogen and oxygen atoms in total.